The molecule has 2 aromatic carbocycles. The number of aromatic nitrogens is 2. The highest BCUT2D eigenvalue weighted by atomic mass is 16.5. The molecule has 0 radical (unpaired) electrons. The van der Waals surface area contributed by atoms with Gasteiger partial charge in [0.15, 0.2) is 0 Å². The van der Waals surface area contributed by atoms with Gasteiger partial charge < -0.3 is 9.64 Å². The van der Waals surface area contributed by atoms with Crippen LogP contribution < -0.4 is 4.74 Å². The minimum Gasteiger partial charge on any atom is -0.497 e. The molecule has 5 heteroatoms. The van der Waals surface area contributed by atoms with E-state index in [9.17, 15) is 4.79 Å². The van der Waals surface area contributed by atoms with Crippen molar-refractivity contribution in [3.8, 4) is 17.0 Å². The Labute approximate surface area is 146 Å². The number of rotatable bonds is 3. The van der Waals surface area contributed by atoms with Crippen molar-refractivity contribution in [3.63, 3.8) is 0 Å². The highest BCUT2D eigenvalue weighted by Crippen LogP contribution is 2.25. The van der Waals surface area contributed by atoms with Crippen LogP contribution in [-0.4, -0.2) is 34.7 Å². The van der Waals surface area contributed by atoms with Crippen LogP contribution in [0, 0.1) is 0 Å². The Kier molecular flexibility index (Phi) is 3.98. The molecule has 5 nitrogen and oxygen atoms in total. The number of benzene rings is 2. The molecule has 0 unspecified atom stereocenters. The topological polar surface area (TPSA) is 58.2 Å². The Bertz CT molecular complexity index is 902. The van der Waals surface area contributed by atoms with E-state index in [4.69, 9.17) is 4.74 Å². The number of fused-ring (bicyclic) bond motifs is 1. The van der Waals surface area contributed by atoms with Crippen LogP contribution in [0.5, 0.6) is 5.75 Å². The summed E-state index contributed by atoms with van der Waals surface area (Å²) < 4.78 is 5.27. The van der Waals surface area contributed by atoms with Crippen LogP contribution in [0.3, 0.4) is 0 Å². The van der Waals surface area contributed by atoms with Gasteiger partial charge in [0.25, 0.3) is 5.91 Å². The summed E-state index contributed by atoms with van der Waals surface area (Å²) in [6.07, 6.45) is 0.831. The number of methoxy groups -OCH3 is 1. The number of ether oxygens (including phenoxy) is 1. The average Bonchev–Trinajstić information content (AvgIpc) is 3.17. The van der Waals surface area contributed by atoms with Crippen molar-refractivity contribution in [2.45, 2.75) is 13.0 Å². The van der Waals surface area contributed by atoms with Gasteiger partial charge in [-0.3, -0.25) is 9.89 Å². The summed E-state index contributed by atoms with van der Waals surface area (Å²) in [6, 6.07) is 17.7. The van der Waals surface area contributed by atoms with Crippen molar-refractivity contribution in [1.82, 2.24) is 15.1 Å². The summed E-state index contributed by atoms with van der Waals surface area (Å²) in [7, 11) is 1.67. The fourth-order valence-corrected chi connectivity index (χ4v) is 3.19. The van der Waals surface area contributed by atoms with E-state index in [1.807, 2.05) is 53.4 Å². The van der Waals surface area contributed by atoms with Gasteiger partial charge in [0.05, 0.1) is 12.8 Å². The van der Waals surface area contributed by atoms with E-state index in [2.05, 4.69) is 16.3 Å². The zero-order chi connectivity index (χ0) is 17.2. The maximum absolute atomic E-state index is 12.8. The third kappa shape index (κ3) is 3.01. The fourth-order valence-electron chi connectivity index (χ4n) is 3.19. The molecule has 4 rings (SSSR count). The minimum atomic E-state index is -0.0175. The normalized spacial score (nSPS) is 13.4. The Morgan fingerprint density at radius 3 is 2.76 bits per heavy atom. The molecule has 0 bridgehead atoms. The molecule has 25 heavy (non-hydrogen) atoms. The van der Waals surface area contributed by atoms with Crippen molar-refractivity contribution in [2.75, 3.05) is 13.7 Å². The molecule has 0 atom stereocenters. The molecular formula is C20H19N3O2. The van der Waals surface area contributed by atoms with Crippen molar-refractivity contribution in [3.05, 3.63) is 71.4 Å². The predicted molar refractivity (Wildman–Crippen MR) is 95.5 cm³/mol. The van der Waals surface area contributed by atoms with Gasteiger partial charge in [0, 0.05) is 18.7 Å². The molecule has 126 valence electrons. The Morgan fingerprint density at radius 2 is 1.96 bits per heavy atom. The van der Waals surface area contributed by atoms with Gasteiger partial charge in [0.1, 0.15) is 11.4 Å². The first kappa shape index (κ1) is 15.4. The van der Waals surface area contributed by atoms with Gasteiger partial charge in [-0.25, -0.2) is 0 Å². The molecule has 2 heterocycles. The quantitative estimate of drug-likeness (QED) is 0.800. The summed E-state index contributed by atoms with van der Waals surface area (Å²) in [5, 5.41) is 7.16. The molecule has 1 aromatic heterocycles. The summed E-state index contributed by atoms with van der Waals surface area (Å²) in [5.41, 5.74) is 4.72. The highest BCUT2D eigenvalue weighted by Gasteiger charge is 2.23. The first-order valence-corrected chi connectivity index (χ1v) is 8.30. The zero-order valence-corrected chi connectivity index (χ0v) is 14.0. The van der Waals surface area contributed by atoms with E-state index in [1.165, 1.54) is 11.1 Å². The number of hydrogen-bond acceptors (Lipinski definition) is 3. The van der Waals surface area contributed by atoms with Crippen LogP contribution in [0.4, 0.5) is 0 Å². The van der Waals surface area contributed by atoms with E-state index in [0.29, 0.717) is 18.8 Å². The van der Waals surface area contributed by atoms with Gasteiger partial charge in [-0.2, -0.15) is 5.10 Å². The number of hydrogen-bond donors (Lipinski definition) is 1. The van der Waals surface area contributed by atoms with Crippen LogP contribution in [0.1, 0.15) is 21.6 Å². The predicted octanol–water partition coefficient (Wildman–Crippen LogP) is 3.28. The van der Waals surface area contributed by atoms with E-state index in [1.54, 1.807) is 7.11 Å². The van der Waals surface area contributed by atoms with E-state index in [0.717, 1.165) is 23.4 Å². The van der Waals surface area contributed by atoms with Gasteiger partial charge in [-0.1, -0.05) is 36.4 Å². The maximum Gasteiger partial charge on any atom is 0.272 e. The molecule has 0 saturated carbocycles. The lowest BCUT2D eigenvalue weighted by atomic mass is 9.99. The van der Waals surface area contributed by atoms with E-state index >= 15 is 0 Å². The van der Waals surface area contributed by atoms with Crippen LogP contribution in [0.2, 0.25) is 0 Å². The smallest absolute Gasteiger partial charge is 0.272 e. The monoisotopic (exact) mass is 333 g/mol. The standard InChI is InChI=1S/C20H19N3O2/c1-25-17-8-7-16-13-23(10-9-15(16)11-17)20(24)19-12-18(21-22-19)14-5-3-2-4-6-14/h2-8,11-12H,9-10,13H2,1H3,(H,21,22). The molecule has 0 aliphatic carbocycles. The number of amides is 1. The summed E-state index contributed by atoms with van der Waals surface area (Å²) >= 11 is 0. The van der Waals surface area contributed by atoms with Crippen LogP contribution in [0.15, 0.2) is 54.6 Å². The lowest BCUT2D eigenvalue weighted by Crippen LogP contribution is -2.36. The first-order chi connectivity index (χ1) is 12.2. The fraction of sp³-hybridized carbons (Fsp3) is 0.200. The summed E-state index contributed by atoms with van der Waals surface area (Å²) in [4.78, 5) is 14.7. The van der Waals surface area contributed by atoms with E-state index < -0.39 is 0 Å². The van der Waals surface area contributed by atoms with E-state index in [-0.39, 0.29) is 5.91 Å². The second kappa shape index (κ2) is 6.43. The summed E-state index contributed by atoms with van der Waals surface area (Å²) in [5.74, 6) is 0.843. The number of aromatic amines is 1. The second-order valence-corrected chi connectivity index (χ2v) is 6.14. The Morgan fingerprint density at radius 1 is 1.12 bits per heavy atom. The molecule has 1 N–H and O–H groups in total. The average molecular weight is 333 g/mol. The molecule has 0 saturated heterocycles. The first-order valence-electron chi connectivity index (χ1n) is 8.30. The lowest BCUT2D eigenvalue weighted by molar-refractivity contribution is 0.0728. The molecule has 1 aliphatic rings. The Balaban J connectivity index is 1.53. The SMILES string of the molecule is COc1ccc2c(c1)CCN(C(=O)c1cc(-c3ccccc3)n[nH]1)C2. The van der Waals surface area contributed by atoms with Crippen molar-refractivity contribution >= 4 is 5.91 Å². The minimum absolute atomic E-state index is 0.0175. The van der Waals surface area contributed by atoms with Crippen molar-refractivity contribution < 1.29 is 9.53 Å². The second-order valence-electron chi connectivity index (χ2n) is 6.14. The molecule has 1 aliphatic heterocycles. The third-order valence-corrected chi connectivity index (χ3v) is 4.59. The zero-order valence-electron chi connectivity index (χ0n) is 14.0. The van der Waals surface area contributed by atoms with Gasteiger partial charge in [-0.05, 0) is 35.7 Å². The molecule has 0 spiro atoms. The van der Waals surface area contributed by atoms with Crippen LogP contribution in [-0.2, 0) is 13.0 Å². The maximum atomic E-state index is 12.8. The number of carbonyl (C=O) groups excluding carboxylic acids is 1. The number of H-pyrrole nitrogens is 1. The van der Waals surface area contributed by atoms with Gasteiger partial charge in [0.2, 0.25) is 0 Å². The van der Waals surface area contributed by atoms with Gasteiger partial charge >= 0.3 is 0 Å². The lowest BCUT2D eigenvalue weighted by Gasteiger charge is -2.28. The van der Waals surface area contributed by atoms with Gasteiger partial charge in [-0.15, -0.1) is 0 Å². The number of carbonyl (C=O) groups is 1. The molecule has 0 fully saturated rings. The third-order valence-electron chi connectivity index (χ3n) is 4.59. The van der Waals surface area contributed by atoms with Crippen LogP contribution >= 0.6 is 0 Å². The number of nitrogens with zero attached hydrogens (tertiary/aromatic N) is 2. The highest BCUT2D eigenvalue weighted by molar-refractivity contribution is 5.93. The molecule has 3 aromatic rings. The van der Waals surface area contributed by atoms with Crippen molar-refractivity contribution in [1.29, 1.82) is 0 Å². The molecule has 1 amide bonds. The molecular weight excluding hydrogens is 314 g/mol. The Hall–Kier alpha value is -3.08. The summed E-state index contributed by atoms with van der Waals surface area (Å²) in [6.45, 7) is 1.30. The van der Waals surface area contributed by atoms with Crippen LogP contribution in [0.25, 0.3) is 11.3 Å². The van der Waals surface area contributed by atoms with Crippen molar-refractivity contribution in [2.24, 2.45) is 0 Å². The number of nitrogens with one attached hydrogen (secondary N) is 1. The largest absolute Gasteiger partial charge is 0.497 e.